The number of hydrogen-bond acceptors (Lipinski definition) is 4. The summed E-state index contributed by atoms with van der Waals surface area (Å²) in [6.07, 6.45) is 5.72. The van der Waals surface area contributed by atoms with Gasteiger partial charge in [0.05, 0.1) is 24.0 Å². The minimum Gasteiger partial charge on any atom is -0.481 e. The average Bonchev–Trinajstić information content (AvgIpc) is 2.38. The Morgan fingerprint density at radius 1 is 1.10 bits per heavy atom. The molecule has 1 amide bonds. The van der Waals surface area contributed by atoms with Crippen molar-refractivity contribution >= 4 is 21.7 Å². The summed E-state index contributed by atoms with van der Waals surface area (Å²) in [4.78, 5) is 24.8. The molecule has 0 aromatic carbocycles. The van der Waals surface area contributed by atoms with Crippen LogP contribution in [0.25, 0.3) is 0 Å². The highest BCUT2D eigenvalue weighted by Crippen LogP contribution is 2.28. The molecule has 0 radical (unpaired) electrons. The van der Waals surface area contributed by atoms with Crippen LogP contribution in [0.15, 0.2) is 0 Å². The molecule has 6 nitrogen and oxygen atoms in total. The predicted molar refractivity (Wildman–Crippen MR) is 77.6 cm³/mol. The van der Waals surface area contributed by atoms with Crippen LogP contribution in [0.3, 0.4) is 0 Å². The first-order valence-electron chi connectivity index (χ1n) is 7.59. The Balaban J connectivity index is 2.00. The van der Waals surface area contributed by atoms with E-state index in [0.717, 1.165) is 25.7 Å². The standard InChI is InChI=1S/C14H23NO5S/c16-13(8-11-4-2-1-3-5-11)15-6-7-21(19,20)10-12(15)9-14(17)18/h11-12H,1-10H2,(H,17,18). The van der Waals surface area contributed by atoms with Gasteiger partial charge in [0, 0.05) is 13.0 Å². The van der Waals surface area contributed by atoms with Crippen molar-refractivity contribution in [3.8, 4) is 0 Å². The SMILES string of the molecule is O=C(O)CC1CS(=O)(=O)CCN1C(=O)CC1CCCCC1. The lowest BCUT2D eigenvalue weighted by molar-refractivity contribution is -0.140. The van der Waals surface area contributed by atoms with Gasteiger partial charge in [-0.05, 0) is 18.8 Å². The van der Waals surface area contributed by atoms with Gasteiger partial charge >= 0.3 is 5.97 Å². The van der Waals surface area contributed by atoms with Gasteiger partial charge < -0.3 is 10.0 Å². The first-order valence-corrected chi connectivity index (χ1v) is 9.41. The topological polar surface area (TPSA) is 91.8 Å². The maximum Gasteiger partial charge on any atom is 0.305 e. The molecule has 120 valence electrons. The molecule has 1 atom stereocenters. The van der Waals surface area contributed by atoms with Crippen molar-refractivity contribution in [1.29, 1.82) is 0 Å². The van der Waals surface area contributed by atoms with Gasteiger partial charge in [-0.25, -0.2) is 8.42 Å². The number of carbonyl (C=O) groups is 2. The van der Waals surface area contributed by atoms with Crippen molar-refractivity contribution < 1.29 is 23.1 Å². The summed E-state index contributed by atoms with van der Waals surface area (Å²) in [7, 11) is -3.23. The zero-order valence-corrected chi connectivity index (χ0v) is 13.0. The van der Waals surface area contributed by atoms with Gasteiger partial charge in [-0.1, -0.05) is 19.3 Å². The molecule has 2 aliphatic rings. The second-order valence-electron chi connectivity index (χ2n) is 6.16. The number of nitrogens with zero attached hydrogens (tertiary/aromatic N) is 1. The molecule has 1 aliphatic heterocycles. The van der Waals surface area contributed by atoms with E-state index in [9.17, 15) is 18.0 Å². The van der Waals surface area contributed by atoms with Crippen molar-refractivity contribution in [3.63, 3.8) is 0 Å². The Morgan fingerprint density at radius 2 is 1.76 bits per heavy atom. The highest BCUT2D eigenvalue weighted by atomic mass is 32.2. The van der Waals surface area contributed by atoms with Gasteiger partial charge in [0.25, 0.3) is 0 Å². The van der Waals surface area contributed by atoms with E-state index in [1.807, 2.05) is 0 Å². The molecule has 0 spiro atoms. The van der Waals surface area contributed by atoms with E-state index in [0.29, 0.717) is 12.3 Å². The van der Waals surface area contributed by atoms with E-state index < -0.39 is 21.8 Å². The number of rotatable bonds is 4. The van der Waals surface area contributed by atoms with Crippen molar-refractivity contribution in [3.05, 3.63) is 0 Å². The smallest absolute Gasteiger partial charge is 0.305 e. The Kier molecular flexibility index (Phi) is 5.24. The van der Waals surface area contributed by atoms with Gasteiger partial charge in [0.15, 0.2) is 9.84 Å². The second kappa shape index (κ2) is 6.77. The quantitative estimate of drug-likeness (QED) is 0.837. The van der Waals surface area contributed by atoms with Crippen molar-refractivity contribution in [2.75, 3.05) is 18.1 Å². The third kappa shape index (κ3) is 4.69. The summed E-state index contributed by atoms with van der Waals surface area (Å²) in [5.41, 5.74) is 0. The second-order valence-corrected chi connectivity index (χ2v) is 8.39. The van der Waals surface area contributed by atoms with Crippen LogP contribution in [-0.4, -0.2) is 54.4 Å². The van der Waals surface area contributed by atoms with E-state index >= 15 is 0 Å². The van der Waals surface area contributed by atoms with Gasteiger partial charge in [-0.2, -0.15) is 0 Å². The summed E-state index contributed by atoms with van der Waals surface area (Å²) < 4.78 is 23.3. The third-order valence-electron chi connectivity index (χ3n) is 4.45. The van der Waals surface area contributed by atoms with Crippen LogP contribution in [0.2, 0.25) is 0 Å². The fourth-order valence-electron chi connectivity index (χ4n) is 3.34. The van der Waals surface area contributed by atoms with Crippen molar-refractivity contribution in [2.24, 2.45) is 5.92 Å². The Labute approximate surface area is 125 Å². The number of aliphatic carboxylic acids is 1. The lowest BCUT2D eigenvalue weighted by Gasteiger charge is -2.36. The zero-order chi connectivity index (χ0) is 15.5. The highest BCUT2D eigenvalue weighted by Gasteiger charge is 2.35. The highest BCUT2D eigenvalue weighted by molar-refractivity contribution is 7.91. The number of carboxylic acid groups (broad SMARTS) is 1. The predicted octanol–water partition coefficient (Wildman–Crippen LogP) is 1.06. The molecule has 1 aliphatic carbocycles. The normalized spacial score (nSPS) is 26.5. The molecule has 21 heavy (non-hydrogen) atoms. The largest absolute Gasteiger partial charge is 0.481 e. The number of carbonyl (C=O) groups excluding carboxylic acids is 1. The Bertz CT molecular complexity index is 495. The monoisotopic (exact) mass is 317 g/mol. The Morgan fingerprint density at radius 3 is 2.38 bits per heavy atom. The molecule has 0 aromatic rings. The molecule has 2 fully saturated rings. The summed E-state index contributed by atoms with van der Waals surface area (Å²) in [6, 6.07) is -0.711. The maximum absolute atomic E-state index is 12.4. The number of carboxylic acids is 1. The van der Waals surface area contributed by atoms with Crippen molar-refractivity contribution in [1.82, 2.24) is 4.90 Å². The van der Waals surface area contributed by atoms with Crippen LogP contribution in [0, 0.1) is 5.92 Å². The van der Waals surface area contributed by atoms with E-state index in [2.05, 4.69) is 0 Å². The molecular formula is C14H23NO5S. The van der Waals surface area contributed by atoms with E-state index in [1.165, 1.54) is 11.3 Å². The zero-order valence-electron chi connectivity index (χ0n) is 12.2. The molecule has 1 saturated heterocycles. The summed E-state index contributed by atoms with van der Waals surface area (Å²) in [5.74, 6) is -1.05. The van der Waals surface area contributed by atoms with Gasteiger partial charge in [-0.15, -0.1) is 0 Å². The summed E-state index contributed by atoms with van der Waals surface area (Å²) in [6.45, 7) is 0.131. The molecule has 1 N–H and O–H groups in total. The lowest BCUT2D eigenvalue weighted by Crippen LogP contribution is -2.52. The van der Waals surface area contributed by atoms with Gasteiger partial charge in [0.2, 0.25) is 5.91 Å². The van der Waals surface area contributed by atoms with E-state index in [1.54, 1.807) is 0 Å². The van der Waals surface area contributed by atoms with E-state index in [4.69, 9.17) is 5.11 Å². The van der Waals surface area contributed by atoms with Crippen LogP contribution in [-0.2, 0) is 19.4 Å². The molecule has 1 heterocycles. The molecular weight excluding hydrogens is 294 g/mol. The van der Waals surface area contributed by atoms with Crippen LogP contribution in [0.4, 0.5) is 0 Å². The minimum atomic E-state index is -3.23. The first kappa shape index (κ1) is 16.3. The molecule has 0 aromatic heterocycles. The third-order valence-corrected chi connectivity index (χ3v) is 6.15. The van der Waals surface area contributed by atoms with Crippen molar-refractivity contribution in [2.45, 2.75) is 51.0 Å². The number of sulfone groups is 1. The number of hydrogen-bond donors (Lipinski definition) is 1. The van der Waals surface area contributed by atoms with Crippen LogP contribution >= 0.6 is 0 Å². The van der Waals surface area contributed by atoms with Crippen LogP contribution in [0.5, 0.6) is 0 Å². The van der Waals surface area contributed by atoms with Gasteiger partial charge in [-0.3, -0.25) is 9.59 Å². The first-order chi connectivity index (χ1) is 9.87. The fraction of sp³-hybridized carbons (Fsp3) is 0.857. The molecule has 7 heteroatoms. The van der Waals surface area contributed by atoms with Crippen LogP contribution in [0.1, 0.15) is 44.9 Å². The summed E-state index contributed by atoms with van der Waals surface area (Å²) in [5, 5.41) is 8.92. The molecule has 1 unspecified atom stereocenters. The fourth-order valence-corrected chi connectivity index (χ4v) is 4.87. The molecule has 0 bridgehead atoms. The molecule has 1 saturated carbocycles. The van der Waals surface area contributed by atoms with Gasteiger partial charge in [0.1, 0.15) is 0 Å². The van der Waals surface area contributed by atoms with Crippen LogP contribution < -0.4 is 0 Å². The average molecular weight is 317 g/mol. The number of amides is 1. The van der Waals surface area contributed by atoms with E-state index in [-0.39, 0.29) is 30.4 Å². The summed E-state index contributed by atoms with van der Waals surface area (Å²) >= 11 is 0. The minimum absolute atomic E-state index is 0.0560. The Hall–Kier alpha value is -1.11. The lowest BCUT2D eigenvalue weighted by atomic mass is 9.86. The molecule has 2 rings (SSSR count). The maximum atomic E-state index is 12.4.